The van der Waals surface area contributed by atoms with Crippen LogP contribution in [0.25, 0.3) is 0 Å². The first kappa shape index (κ1) is 14.3. The highest BCUT2D eigenvalue weighted by atomic mass is 16.5. The number of hydrogen-bond donors (Lipinski definition) is 1. The van der Waals surface area contributed by atoms with E-state index in [4.69, 9.17) is 9.47 Å². The Bertz CT molecular complexity index is 537. The largest absolute Gasteiger partial charge is 0.475 e. The van der Waals surface area contributed by atoms with Crippen molar-refractivity contribution in [3.8, 4) is 5.88 Å². The topological polar surface area (TPSA) is 61.2 Å². The highest BCUT2D eigenvalue weighted by Gasteiger charge is 2.03. The molecule has 6 nitrogen and oxygen atoms in total. The molecule has 0 amide bonds. The SMILES string of the molecule is COCCOc1ccc(NCc2cnn(C)c2C)cn1. The summed E-state index contributed by atoms with van der Waals surface area (Å²) in [5.74, 6) is 0.602. The molecule has 2 rings (SSSR count). The molecule has 2 heterocycles. The summed E-state index contributed by atoms with van der Waals surface area (Å²) < 4.78 is 12.2. The molecule has 0 saturated carbocycles. The zero-order valence-corrected chi connectivity index (χ0v) is 12.1. The molecule has 20 heavy (non-hydrogen) atoms. The highest BCUT2D eigenvalue weighted by molar-refractivity contribution is 5.42. The third-order valence-corrected chi connectivity index (χ3v) is 3.09. The van der Waals surface area contributed by atoms with Crippen LogP contribution in [0.2, 0.25) is 0 Å². The first-order valence-electron chi connectivity index (χ1n) is 6.50. The van der Waals surface area contributed by atoms with Gasteiger partial charge in [-0.15, -0.1) is 0 Å². The summed E-state index contributed by atoms with van der Waals surface area (Å²) in [4.78, 5) is 4.23. The van der Waals surface area contributed by atoms with E-state index in [1.807, 2.05) is 30.1 Å². The number of aromatic nitrogens is 3. The minimum absolute atomic E-state index is 0.505. The number of rotatable bonds is 7. The molecule has 0 aromatic carbocycles. The van der Waals surface area contributed by atoms with Crippen LogP contribution in [0.3, 0.4) is 0 Å². The first-order chi connectivity index (χ1) is 9.70. The molecular weight excluding hydrogens is 256 g/mol. The molecule has 0 aliphatic carbocycles. The maximum Gasteiger partial charge on any atom is 0.213 e. The van der Waals surface area contributed by atoms with Crippen molar-refractivity contribution in [2.75, 3.05) is 25.6 Å². The van der Waals surface area contributed by atoms with Crippen molar-refractivity contribution < 1.29 is 9.47 Å². The van der Waals surface area contributed by atoms with Crippen LogP contribution >= 0.6 is 0 Å². The number of pyridine rings is 1. The number of nitrogens with one attached hydrogen (secondary N) is 1. The molecule has 0 atom stereocenters. The first-order valence-corrected chi connectivity index (χ1v) is 6.50. The van der Waals surface area contributed by atoms with Crippen LogP contribution < -0.4 is 10.1 Å². The van der Waals surface area contributed by atoms with E-state index in [0.29, 0.717) is 19.1 Å². The summed E-state index contributed by atoms with van der Waals surface area (Å²) in [6.45, 7) is 3.84. The zero-order valence-electron chi connectivity index (χ0n) is 12.1. The second-order valence-electron chi connectivity index (χ2n) is 4.46. The minimum atomic E-state index is 0.505. The summed E-state index contributed by atoms with van der Waals surface area (Å²) in [5.41, 5.74) is 3.28. The average Bonchev–Trinajstić information content (AvgIpc) is 2.78. The predicted octanol–water partition coefficient (Wildman–Crippen LogP) is 1.76. The molecule has 0 radical (unpaired) electrons. The highest BCUT2D eigenvalue weighted by Crippen LogP contribution is 2.14. The van der Waals surface area contributed by atoms with Crippen LogP contribution in [0.4, 0.5) is 5.69 Å². The Morgan fingerprint density at radius 3 is 2.70 bits per heavy atom. The monoisotopic (exact) mass is 276 g/mol. The van der Waals surface area contributed by atoms with E-state index in [9.17, 15) is 0 Å². The van der Waals surface area contributed by atoms with Crippen LogP contribution in [0, 0.1) is 6.92 Å². The van der Waals surface area contributed by atoms with Gasteiger partial charge in [-0.2, -0.15) is 5.10 Å². The molecule has 0 aliphatic heterocycles. The van der Waals surface area contributed by atoms with Crippen LogP contribution in [0.5, 0.6) is 5.88 Å². The van der Waals surface area contributed by atoms with Gasteiger partial charge in [-0.3, -0.25) is 4.68 Å². The van der Waals surface area contributed by atoms with Gasteiger partial charge in [0, 0.05) is 38.0 Å². The van der Waals surface area contributed by atoms with E-state index in [1.165, 1.54) is 5.56 Å². The average molecular weight is 276 g/mol. The summed E-state index contributed by atoms with van der Waals surface area (Å²) in [7, 11) is 3.58. The standard InChI is InChI=1S/C14H20N4O2/c1-11-12(9-17-18(11)2)8-15-13-4-5-14(16-10-13)20-7-6-19-3/h4-5,9-10,15H,6-8H2,1-3H3. The van der Waals surface area contributed by atoms with Gasteiger partial charge in [0.25, 0.3) is 0 Å². The number of ether oxygens (including phenoxy) is 2. The molecule has 0 saturated heterocycles. The van der Waals surface area contributed by atoms with Crippen molar-refractivity contribution in [3.05, 3.63) is 35.8 Å². The maximum atomic E-state index is 5.41. The molecule has 0 bridgehead atoms. The fourth-order valence-electron chi connectivity index (χ4n) is 1.71. The third kappa shape index (κ3) is 3.71. The van der Waals surface area contributed by atoms with Gasteiger partial charge in [-0.1, -0.05) is 0 Å². The van der Waals surface area contributed by atoms with E-state index in [2.05, 4.69) is 22.3 Å². The Morgan fingerprint density at radius 2 is 2.10 bits per heavy atom. The smallest absolute Gasteiger partial charge is 0.213 e. The lowest BCUT2D eigenvalue weighted by atomic mass is 10.2. The second-order valence-corrected chi connectivity index (χ2v) is 4.46. The molecule has 0 spiro atoms. The molecule has 108 valence electrons. The molecule has 0 unspecified atom stereocenters. The van der Waals surface area contributed by atoms with Gasteiger partial charge >= 0.3 is 0 Å². The fourth-order valence-corrected chi connectivity index (χ4v) is 1.71. The lowest BCUT2D eigenvalue weighted by Gasteiger charge is -2.08. The van der Waals surface area contributed by atoms with Gasteiger partial charge in [-0.25, -0.2) is 4.98 Å². The molecule has 0 fully saturated rings. The molecule has 1 N–H and O–H groups in total. The molecule has 2 aromatic heterocycles. The molecule has 2 aromatic rings. The maximum absolute atomic E-state index is 5.41. The van der Waals surface area contributed by atoms with E-state index in [-0.39, 0.29) is 0 Å². The van der Waals surface area contributed by atoms with Crippen molar-refractivity contribution in [1.29, 1.82) is 0 Å². The van der Waals surface area contributed by atoms with Crippen molar-refractivity contribution in [1.82, 2.24) is 14.8 Å². The third-order valence-electron chi connectivity index (χ3n) is 3.09. The number of hydrogen-bond acceptors (Lipinski definition) is 5. The molecule has 6 heteroatoms. The second kappa shape index (κ2) is 6.91. The quantitative estimate of drug-likeness (QED) is 0.781. The van der Waals surface area contributed by atoms with Crippen molar-refractivity contribution >= 4 is 5.69 Å². The number of methoxy groups -OCH3 is 1. The predicted molar refractivity (Wildman–Crippen MR) is 76.9 cm³/mol. The molecule has 0 aliphatic rings. The normalized spacial score (nSPS) is 10.6. The Hall–Kier alpha value is -2.08. The lowest BCUT2D eigenvalue weighted by Crippen LogP contribution is -2.06. The Kier molecular flexibility index (Phi) is 4.95. The van der Waals surface area contributed by atoms with Crippen LogP contribution in [-0.2, 0) is 18.3 Å². The van der Waals surface area contributed by atoms with Gasteiger partial charge in [0.1, 0.15) is 6.61 Å². The van der Waals surface area contributed by atoms with Gasteiger partial charge in [-0.05, 0) is 13.0 Å². The Balaban J connectivity index is 1.86. The van der Waals surface area contributed by atoms with Gasteiger partial charge < -0.3 is 14.8 Å². The van der Waals surface area contributed by atoms with Crippen molar-refractivity contribution in [3.63, 3.8) is 0 Å². The van der Waals surface area contributed by atoms with E-state index in [0.717, 1.165) is 17.9 Å². The number of nitrogens with zero attached hydrogens (tertiary/aromatic N) is 3. The van der Waals surface area contributed by atoms with Crippen LogP contribution in [-0.4, -0.2) is 35.1 Å². The van der Waals surface area contributed by atoms with E-state index in [1.54, 1.807) is 13.3 Å². The Morgan fingerprint density at radius 1 is 1.25 bits per heavy atom. The van der Waals surface area contributed by atoms with Crippen molar-refractivity contribution in [2.24, 2.45) is 7.05 Å². The molecular formula is C14H20N4O2. The van der Waals surface area contributed by atoms with Gasteiger partial charge in [0.15, 0.2) is 0 Å². The number of anilines is 1. The number of aryl methyl sites for hydroxylation is 1. The van der Waals surface area contributed by atoms with E-state index >= 15 is 0 Å². The summed E-state index contributed by atoms with van der Waals surface area (Å²) >= 11 is 0. The lowest BCUT2D eigenvalue weighted by molar-refractivity contribution is 0.144. The van der Waals surface area contributed by atoms with Crippen molar-refractivity contribution in [2.45, 2.75) is 13.5 Å². The minimum Gasteiger partial charge on any atom is -0.475 e. The zero-order chi connectivity index (χ0) is 14.4. The fraction of sp³-hybridized carbons (Fsp3) is 0.429. The summed E-state index contributed by atoms with van der Waals surface area (Å²) in [6.07, 6.45) is 3.63. The van der Waals surface area contributed by atoms with Crippen LogP contribution in [0.1, 0.15) is 11.3 Å². The summed E-state index contributed by atoms with van der Waals surface area (Å²) in [6, 6.07) is 3.79. The Labute approximate surface area is 118 Å². The van der Waals surface area contributed by atoms with E-state index < -0.39 is 0 Å². The van der Waals surface area contributed by atoms with Crippen LogP contribution in [0.15, 0.2) is 24.5 Å². The van der Waals surface area contributed by atoms with Gasteiger partial charge in [0.2, 0.25) is 5.88 Å². The summed E-state index contributed by atoms with van der Waals surface area (Å²) in [5, 5.41) is 7.53. The van der Waals surface area contributed by atoms with Gasteiger partial charge in [0.05, 0.1) is 24.7 Å².